The van der Waals surface area contributed by atoms with Gasteiger partial charge in [0.05, 0.1) is 6.04 Å². The van der Waals surface area contributed by atoms with Crippen molar-refractivity contribution in [2.75, 3.05) is 6.54 Å². The van der Waals surface area contributed by atoms with Gasteiger partial charge in [-0.2, -0.15) is 0 Å². The SMILES string of the molecule is O=C(CCCCN1Cc2ccccc2C1=O)N[C@H]1CCc2ccccc21. The number of unbranched alkanes of at least 4 members (excludes halogenated alkanes) is 1. The van der Waals surface area contributed by atoms with E-state index in [0.29, 0.717) is 19.5 Å². The molecule has 1 N–H and O–H groups in total. The van der Waals surface area contributed by atoms with Crippen LogP contribution in [0.3, 0.4) is 0 Å². The molecule has 26 heavy (non-hydrogen) atoms. The van der Waals surface area contributed by atoms with E-state index in [1.807, 2.05) is 35.2 Å². The lowest BCUT2D eigenvalue weighted by Crippen LogP contribution is -2.28. The van der Waals surface area contributed by atoms with E-state index in [1.54, 1.807) is 0 Å². The minimum Gasteiger partial charge on any atom is -0.349 e. The smallest absolute Gasteiger partial charge is 0.254 e. The number of amides is 2. The van der Waals surface area contributed by atoms with Crippen LogP contribution in [0.5, 0.6) is 0 Å². The Morgan fingerprint density at radius 1 is 1.04 bits per heavy atom. The molecule has 1 heterocycles. The molecule has 2 amide bonds. The number of rotatable bonds is 6. The number of carbonyl (C=O) groups excluding carboxylic acids is 2. The average Bonchev–Trinajstić information content (AvgIpc) is 3.21. The Kier molecular flexibility index (Phi) is 4.74. The van der Waals surface area contributed by atoms with Crippen molar-refractivity contribution in [3.63, 3.8) is 0 Å². The molecular weight excluding hydrogens is 324 g/mol. The largest absolute Gasteiger partial charge is 0.349 e. The maximum atomic E-state index is 12.3. The van der Waals surface area contributed by atoms with Gasteiger partial charge in [-0.15, -0.1) is 0 Å². The lowest BCUT2D eigenvalue weighted by atomic mass is 10.1. The number of nitrogens with zero attached hydrogens (tertiary/aromatic N) is 1. The minimum absolute atomic E-state index is 0.114. The number of fused-ring (bicyclic) bond motifs is 2. The Balaban J connectivity index is 1.20. The fraction of sp³-hybridized carbons (Fsp3) is 0.364. The first-order valence-electron chi connectivity index (χ1n) is 9.47. The van der Waals surface area contributed by atoms with Crippen molar-refractivity contribution in [1.82, 2.24) is 10.2 Å². The molecule has 2 aliphatic rings. The van der Waals surface area contributed by atoms with Crippen LogP contribution in [0, 0.1) is 0 Å². The second-order valence-electron chi connectivity index (χ2n) is 7.20. The van der Waals surface area contributed by atoms with Crippen LogP contribution in [0.2, 0.25) is 0 Å². The molecule has 0 spiro atoms. The summed E-state index contributed by atoms with van der Waals surface area (Å²) >= 11 is 0. The molecule has 0 fully saturated rings. The van der Waals surface area contributed by atoms with Crippen LogP contribution in [0.25, 0.3) is 0 Å². The third-order valence-corrected chi connectivity index (χ3v) is 5.45. The third kappa shape index (κ3) is 3.36. The molecule has 4 nitrogen and oxygen atoms in total. The van der Waals surface area contributed by atoms with Crippen molar-refractivity contribution in [1.29, 1.82) is 0 Å². The summed E-state index contributed by atoms with van der Waals surface area (Å²) in [4.78, 5) is 26.5. The number of benzene rings is 2. The van der Waals surface area contributed by atoms with Gasteiger partial charge in [-0.3, -0.25) is 9.59 Å². The van der Waals surface area contributed by atoms with Crippen LogP contribution < -0.4 is 5.32 Å². The highest BCUT2D eigenvalue weighted by Gasteiger charge is 2.26. The number of aryl methyl sites for hydroxylation is 1. The molecule has 0 radical (unpaired) electrons. The van der Waals surface area contributed by atoms with E-state index >= 15 is 0 Å². The predicted octanol–water partition coefficient (Wildman–Crippen LogP) is 3.62. The predicted molar refractivity (Wildman–Crippen MR) is 101 cm³/mol. The molecular formula is C22H24N2O2. The normalized spacial score (nSPS) is 17.9. The van der Waals surface area contributed by atoms with E-state index in [1.165, 1.54) is 11.1 Å². The van der Waals surface area contributed by atoms with Crippen molar-refractivity contribution >= 4 is 11.8 Å². The lowest BCUT2D eigenvalue weighted by molar-refractivity contribution is -0.121. The van der Waals surface area contributed by atoms with Crippen LogP contribution in [0.4, 0.5) is 0 Å². The van der Waals surface area contributed by atoms with E-state index in [-0.39, 0.29) is 17.9 Å². The van der Waals surface area contributed by atoms with Crippen LogP contribution >= 0.6 is 0 Å². The monoisotopic (exact) mass is 348 g/mol. The van der Waals surface area contributed by atoms with Crippen molar-refractivity contribution in [2.45, 2.75) is 44.7 Å². The highest BCUT2D eigenvalue weighted by Crippen LogP contribution is 2.30. The molecule has 0 aromatic heterocycles. The topological polar surface area (TPSA) is 49.4 Å². The van der Waals surface area contributed by atoms with Crippen LogP contribution in [0.1, 0.15) is 58.8 Å². The van der Waals surface area contributed by atoms with Crippen molar-refractivity contribution in [3.8, 4) is 0 Å². The molecule has 1 aliphatic carbocycles. The summed E-state index contributed by atoms with van der Waals surface area (Å²) in [7, 11) is 0. The zero-order valence-corrected chi connectivity index (χ0v) is 14.9. The highest BCUT2D eigenvalue weighted by atomic mass is 16.2. The number of hydrogen-bond acceptors (Lipinski definition) is 2. The Morgan fingerprint density at radius 2 is 1.81 bits per heavy atom. The molecule has 1 aliphatic heterocycles. The van der Waals surface area contributed by atoms with Gasteiger partial charge >= 0.3 is 0 Å². The van der Waals surface area contributed by atoms with Gasteiger partial charge < -0.3 is 10.2 Å². The van der Waals surface area contributed by atoms with Gasteiger partial charge in [-0.05, 0) is 48.4 Å². The van der Waals surface area contributed by atoms with Crippen LogP contribution in [-0.4, -0.2) is 23.3 Å². The van der Waals surface area contributed by atoms with Gasteiger partial charge in [-0.25, -0.2) is 0 Å². The van der Waals surface area contributed by atoms with Gasteiger partial charge in [0, 0.05) is 25.1 Å². The van der Waals surface area contributed by atoms with Crippen molar-refractivity contribution in [2.24, 2.45) is 0 Å². The van der Waals surface area contributed by atoms with E-state index in [0.717, 1.165) is 36.8 Å². The Morgan fingerprint density at radius 3 is 2.65 bits per heavy atom. The Labute approximate surface area is 154 Å². The Hall–Kier alpha value is -2.62. The molecule has 4 rings (SSSR count). The first kappa shape index (κ1) is 16.8. The number of hydrogen-bond donors (Lipinski definition) is 1. The second-order valence-corrected chi connectivity index (χ2v) is 7.20. The summed E-state index contributed by atoms with van der Waals surface area (Å²) in [6.07, 6.45) is 4.22. The first-order valence-corrected chi connectivity index (χ1v) is 9.47. The molecule has 2 aromatic carbocycles. The second kappa shape index (κ2) is 7.32. The molecule has 1 atom stereocenters. The van der Waals surface area contributed by atoms with E-state index in [2.05, 4.69) is 23.5 Å². The Bertz CT molecular complexity index is 830. The standard InChI is InChI=1S/C22H24N2O2/c25-21(23-20-13-12-16-7-1-3-9-18(16)20)11-5-6-14-24-15-17-8-2-4-10-19(17)22(24)26/h1-4,7-10,20H,5-6,11-15H2,(H,23,25)/t20-/m0/s1. The maximum absolute atomic E-state index is 12.3. The summed E-state index contributed by atoms with van der Waals surface area (Å²) in [5.41, 5.74) is 4.55. The summed E-state index contributed by atoms with van der Waals surface area (Å²) in [6.45, 7) is 1.41. The van der Waals surface area contributed by atoms with Crippen LogP contribution in [0.15, 0.2) is 48.5 Å². The summed E-state index contributed by atoms with van der Waals surface area (Å²) in [5, 5.41) is 3.17. The van der Waals surface area contributed by atoms with E-state index in [4.69, 9.17) is 0 Å². The van der Waals surface area contributed by atoms with Crippen molar-refractivity contribution in [3.05, 3.63) is 70.8 Å². The van der Waals surface area contributed by atoms with Crippen molar-refractivity contribution < 1.29 is 9.59 Å². The fourth-order valence-electron chi connectivity index (χ4n) is 4.06. The van der Waals surface area contributed by atoms with Gasteiger partial charge in [-0.1, -0.05) is 42.5 Å². The molecule has 0 bridgehead atoms. The van der Waals surface area contributed by atoms with Gasteiger partial charge in [0.15, 0.2) is 0 Å². The maximum Gasteiger partial charge on any atom is 0.254 e. The molecule has 0 saturated carbocycles. The molecule has 4 heteroatoms. The summed E-state index contributed by atoms with van der Waals surface area (Å²) in [6, 6.07) is 16.3. The average molecular weight is 348 g/mol. The number of nitrogens with one attached hydrogen (secondary N) is 1. The van der Waals surface area contributed by atoms with E-state index < -0.39 is 0 Å². The van der Waals surface area contributed by atoms with Crippen LogP contribution in [-0.2, 0) is 17.8 Å². The quantitative estimate of drug-likeness (QED) is 0.811. The molecule has 0 unspecified atom stereocenters. The number of carbonyl (C=O) groups is 2. The van der Waals surface area contributed by atoms with Gasteiger partial charge in [0.25, 0.3) is 5.91 Å². The minimum atomic E-state index is 0.114. The molecule has 2 aromatic rings. The molecule has 0 saturated heterocycles. The molecule has 134 valence electrons. The van der Waals surface area contributed by atoms with E-state index in [9.17, 15) is 9.59 Å². The summed E-state index contributed by atoms with van der Waals surface area (Å²) in [5.74, 6) is 0.232. The highest BCUT2D eigenvalue weighted by molar-refractivity contribution is 5.98. The zero-order chi connectivity index (χ0) is 17.9. The zero-order valence-electron chi connectivity index (χ0n) is 14.9. The summed E-state index contributed by atoms with van der Waals surface area (Å²) < 4.78 is 0. The first-order chi connectivity index (χ1) is 12.7. The third-order valence-electron chi connectivity index (χ3n) is 5.45. The van der Waals surface area contributed by atoms with Gasteiger partial charge in [0.2, 0.25) is 5.91 Å². The fourth-order valence-corrected chi connectivity index (χ4v) is 4.06. The lowest BCUT2D eigenvalue weighted by Gasteiger charge is -2.16. The van der Waals surface area contributed by atoms with Gasteiger partial charge in [0.1, 0.15) is 0 Å².